The number of hydrogen-bond donors (Lipinski definition) is 3. The van der Waals surface area contributed by atoms with Gasteiger partial charge in [-0.2, -0.15) is 0 Å². The SMILES string of the molecule is CC(=O)NNC(C(C)=O)C(=O)O. The number of carbonyl (C=O) groups excluding carboxylic acids is 2. The Morgan fingerprint density at radius 1 is 1.25 bits per heavy atom. The number of aliphatic carboxylic acids is 1. The topological polar surface area (TPSA) is 95.5 Å². The number of hydrazine groups is 1. The zero-order valence-corrected chi connectivity index (χ0v) is 6.75. The summed E-state index contributed by atoms with van der Waals surface area (Å²) >= 11 is 0. The summed E-state index contributed by atoms with van der Waals surface area (Å²) in [4.78, 5) is 31.2. The number of carboxylic acids is 1. The van der Waals surface area contributed by atoms with Gasteiger partial charge in [0.05, 0.1) is 0 Å². The highest BCUT2D eigenvalue weighted by Crippen LogP contribution is 1.83. The van der Waals surface area contributed by atoms with Crippen molar-refractivity contribution in [3.63, 3.8) is 0 Å². The number of carboxylic acid groups (broad SMARTS) is 1. The Bertz CT molecular complexity index is 200. The molecule has 0 spiro atoms. The van der Waals surface area contributed by atoms with E-state index in [1.807, 2.05) is 5.43 Å². The summed E-state index contributed by atoms with van der Waals surface area (Å²) in [5.74, 6) is -2.35. The molecule has 0 aromatic rings. The van der Waals surface area contributed by atoms with E-state index in [4.69, 9.17) is 5.11 Å². The van der Waals surface area contributed by atoms with E-state index >= 15 is 0 Å². The number of amides is 1. The first-order valence-corrected chi connectivity index (χ1v) is 3.20. The third-order valence-electron chi connectivity index (χ3n) is 1.05. The van der Waals surface area contributed by atoms with Crippen LogP contribution in [0.25, 0.3) is 0 Å². The smallest absolute Gasteiger partial charge is 0.330 e. The minimum Gasteiger partial charge on any atom is -0.480 e. The summed E-state index contributed by atoms with van der Waals surface area (Å²) in [5, 5.41) is 8.42. The molecule has 0 heterocycles. The van der Waals surface area contributed by atoms with Crippen molar-refractivity contribution < 1.29 is 19.5 Å². The molecular weight excluding hydrogens is 164 g/mol. The summed E-state index contributed by atoms with van der Waals surface area (Å²) in [6, 6.07) is -1.38. The number of hydrogen-bond acceptors (Lipinski definition) is 4. The molecule has 0 aliphatic carbocycles. The Morgan fingerprint density at radius 2 is 1.75 bits per heavy atom. The highest BCUT2D eigenvalue weighted by molar-refractivity contribution is 6.01. The Kier molecular flexibility index (Phi) is 3.92. The van der Waals surface area contributed by atoms with Crippen LogP contribution < -0.4 is 10.9 Å². The van der Waals surface area contributed by atoms with E-state index < -0.39 is 23.7 Å². The van der Waals surface area contributed by atoms with Gasteiger partial charge in [-0.25, -0.2) is 10.2 Å². The number of nitrogens with one attached hydrogen (secondary N) is 2. The molecule has 0 aliphatic heterocycles. The van der Waals surface area contributed by atoms with Crippen LogP contribution in [-0.4, -0.2) is 28.8 Å². The van der Waals surface area contributed by atoms with Crippen LogP contribution in [0.1, 0.15) is 13.8 Å². The first-order valence-electron chi connectivity index (χ1n) is 3.20. The van der Waals surface area contributed by atoms with Crippen molar-refractivity contribution in [2.45, 2.75) is 19.9 Å². The lowest BCUT2D eigenvalue weighted by atomic mass is 10.2. The largest absolute Gasteiger partial charge is 0.480 e. The predicted octanol–water partition coefficient (Wildman–Crippen LogP) is -1.33. The van der Waals surface area contributed by atoms with Crippen molar-refractivity contribution in [3.8, 4) is 0 Å². The molecule has 0 aromatic heterocycles. The number of ketones is 1. The third kappa shape index (κ3) is 3.67. The van der Waals surface area contributed by atoms with E-state index in [9.17, 15) is 14.4 Å². The third-order valence-corrected chi connectivity index (χ3v) is 1.05. The van der Waals surface area contributed by atoms with Gasteiger partial charge in [-0.15, -0.1) is 0 Å². The van der Waals surface area contributed by atoms with E-state index in [0.29, 0.717) is 0 Å². The zero-order chi connectivity index (χ0) is 9.72. The lowest BCUT2D eigenvalue weighted by Gasteiger charge is -2.10. The number of carbonyl (C=O) groups is 3. The van der Waals surface area contributed by atoms with Crippen molar-refractivity contribution in [1.29, 1.82) is 0 Å². The van der Waals surface area contributed by atoms with Crippen molar-refractivity contribution in [2.24, 2.45) is 0 Å². The van der Waals surface area contributed by atoms with Gasteiger partial charge in [0.1, 0.15) is 0 Å². The van der Waals surface area contributed by atoms with Crippen molar-refractivity contribution >= 4 is 17.7 Å². The maximum absolute atomic E-state index is 10.6. The highest BCUT2D eigenvalue weighted by Gasteiger charge is 2.21. The standard InChI is InChI=1S/C6H10N2O4/c1-3(9)5(6(11)12)8-7-4(2)10/h5,8H,1-2H3,(H,7,10)(H,11,12). The monoisotopic (exact) mass is 174 g/mol. The number of rotatable bonds is 4. The molecule has 68 valence electrons. The second-order valence-electron chi connectivity index (χ2n) is 2.21. The summed E-state index contributed by atoms with van der Waals surface area (Å²) in [5.41, 5.74) is 4.09. The fourth-order valence-electron chi connectivity index (χ4n) is 0.511. The van der Waals surface area contributed by atoms with Gasteiger partial charge in [-0.05, 0) is 6.92 Å². The fourth-order valence-corrected chi connectivity index (χ4v) is 0.511. The maximum atomic E-state index is 10.6. The Hall–Kier alpha value is -1.43. The first-order chi connectivity index (χ1) is 5.45. The van der Waals surface area contributed by atoms with Crippen LogP contribution in [0.2, 0.25) is 0 Å². The molecule has 1 atom stereocenters. The van der Waals surface area contributed by atoms with E-state index in [1.54, 1.807) is 0 Å². The molecule has 0 aliphatic rings. The average molecular weight is 174 g/mol. The van der Waals surface area contributed by atoms with Gasteiger partial charge in [0.15, 0.2) is 11.8 Å². The van der Waals surface area contributed by atoms with Gasteiger partial charge in [-0.1, -0.05) is 0 Å². The van der Waals surface area contributed by atoms with Gasteiger partial charge >= 0.3 is 5.97 Å². The molecule has 1 unspecified atom stereocenters. The first kappa shape index (κ1) is 10.6. The van der Waals surface area contributed by atoms with Crippen LogP contribution in [0.15, 0.2) is 0 Å². The maximum Gasteiger partial charge on any atom is 0.330 e. The quantitative estimate of drug-likeness (QED) is 0.362. The van der Waals surface area contributed by atoms with Crippen molar-refractivity contribution in [2.75, 3.05) is 0 Å². The lowest BCUT2D eigenvalue weighted by molar-refractivity contribution is -0.143. The van der Waals surface area contributed by atoms with Gasteiger partial charge in [0.2, 0.25) is 5.91 Å². The van der Waals surface area contributed by atoms with Gasteiger partial charge < -0.3 is 5.11 Å². The van der Waals surface area contributed by atoms with Crippen molar-refractivity contribution in [1.82, 2.24) is 10.9 Å². The molecule has 0 rings (SSSR count). The Labute approximate surface area is 68.9 Å². The van der Waals surface area contributed by atoms with Crippen LogP contribution in [0.3, 0.4) is 0 Å². The van der Waals surface area contributed by atoms with E-state index in [-0.39, 0.29) is 0 Å². The molecule has 12 heavy (non-hydrogen) atoms. The summed E-state index contributed by atoms with van der Waals surface area (Å²) < 4.78 is 0. The summed E-state index contributed by atoms with van der Waals surface area (Å²) in [7, 11) is 0. The molecule has 0 saturated carbocycles. The van der Waals surface area contributed by atoms with Crippen LogP contribution in [0.5, 0.6) is 0 Å². The second kappa shape index (κ2) is 4.45. The van der Waals surface area contributed by atoms with Crippen molar-refractivity contribution in [3.05, 3.63) is 0 Å². The molecule has 6 nitrogen and oxygen atoms in total. The molecule has 1 amide bonds. The highest BCUT2D eigenvalue weighted by atomic mass is 16.4. The lowest BCUT2D eigenvalue weighted by Crippen LogP contribution is -2.50. The van der Waals surface area contributed by atoms with Crippen LogP contribution in [-0.2, 0) is 14.4 Å². The summed E-state index contributed by atoms with van der Waals surface area (Å²) in [6.07, 6.45) is 0. The minimum absolute atomic E-state index is 0.456. The normalized spacial score (nSPS) is 11.8. The Balaban J connectivity index is 4.06. The van der Waals surface area contributed by atoms with E-state index in [0.717, 1.165) is 6.92 Å². The van der Waals surface area contributed by atoms with E-state index in [2.05, 4.69) is 5.43 Å². The number of Topliss-reactive ketones (excluding diaryl/α,β-unsaturated/α-hetero) is 1. The molecule has 0 aromatic carbocycles. The fraction of sp³-hybridized carbons (Fsp3) is 0.500. The molecule has 3 N–H and O–H groups in total. The zero-order valence-electron chi connectivity index (χ0n) is 6.75. The molecule has 0 radical (unpaired) electrons. The van der Waals surface area contributed by atoms with Crippen LogP contribution in [0.4, 0.5) is 0 Å². The average Bonchev–Trinajstić information content (AvgIpc) is 1.84. The van der Waals surface area contributed by atoms with Gasteiger partial charge in [0, 0.05) is 6.92 Å². The predicted molar refractivity (Wildman–Crippen MR) is 39.1 cm³/mol. The van der Waals surface area contributed by atoms with Crippen LogP contribution in [0, 0.1) is 0 Å². The summed E-state index contributed by atoms with van der Waals surface area (Å²) in [6.45, 7) is 2.32. The van der Waals surface area contributed by atoms with E-state index in [1.165, 1.54) is 6.92 Å². The molecule has 6 heteroatoms. The molecular formula is C6H10N2O4. The minimum atomic E-state index is -1.38. The molecule has 0 bridgehead atoms. The second-order valence-corrected chi connectivity index (χ2v) is 2.21. The molecule has 0 saturated heterocycles. The van der Waals surface area contributed by atoms with Gasteiger partial charge in [-0.3, -0.25) is 15.0 Å². The van der Waals surface area contributed by atoms with Crippen LogP contribution >= 0.6 is 0 Å². The van der Waals surface area contributed by atoms with Gasteiger partial charge in [0.25, 0.3) is 0 Å². The molecule has 0 fully saturated rings. The Morgan fingerprint density at radius 3 is 2.00 bits per heavy atom.